The van der Waals surface area contributed by atoms with Gasteiger partial charge >= 0.3 is 5.97 Å². The SMILES string of the molecule is COc1ccccc1CNC(=O)[C@H](C)OC(=O)c1ccc(-c2ccc(C(C)=O)cc2)o1. The quantitative estimate of drug-likeness (QED) is 0.436. The predicted molar refractivity (Wildman–Crippen MR) is 114 cm³/mol. The van der Waals surface area contributed by atoms with Gasteiger partial charge < -0.3 is 19.2 Å². The van der Waals surface area contributed by atoms with Crippen LogP contribution in [0, 0.1) is 0 Å². The number of hydrogen-bond donors (Lipinski definition) is 1. The number of Topliss-reactive ketones (excluding diaryl/α,β-unsaturated/α-hetero) is 1. The molecule has 7 nitrogen and oxygen atoms in total. The van der Waals surface area contributed by atoms with Crippen molar-refractivity contribution in [2.75, 3.05) is 7.11 Å². The van der Waals surface area contributed by atoms with Crippen LogP contribution in [0.3, 0.4) is 0 Å². The maximum absolute atomic E-state index is 12.4. The maximum atomic E-state index is 12.4. The minimum atomic E-state index is -1.01. The zero-order valence-electron chi connectivity index (χ0n) is 17.5. The van der Waals surface area contributed by atoms with E-state index in [-0.39, 0.29) is 18.1 Å². The highest BCUT2D eigenvalue weighted by atomic mass is 16.6. The minimum Gasteiger partial charge on any atom is -0.496 e. The van der Waals surface area contributed by atoms with E-state index in [0.29, 0.717) is 22.6 Å². The number of para-hydroxylation sites is 1. The molecule has 0 spiro atoms. The second-order valence-corrected chi connectivity index (χ2v) is 6.87. The van der Waals surface area contributed by atoms with Crippen molar-refractivity contribution in [2.45, 2.75) is 26.5 Å². The number of hydrogen-bond acceptors (Lipinski definition) is 6. The first-order valence-electron chi connectivity index (χ1n) is 9.71. The summed E-state index contributed by atoms with van der Waals surface area (Å²) in [6.07, 6.45) is -1.01. The van der Waals surface area contributed by atoms with Crippen molar-refractivity contribution in [1.29, 1.82) is 0 Å². The van der Waals surface area contributed by atoms with Crippen LogP contribution in [-0.4, -0.2) is 30.9 Å². The average molecular weight is 421 g/mol. The molecule has 1 atom stereocenters. The van der Waals surface area contributed by atoms with Gasteiger partial charge in [0, 0.05) is 23.2 Å². The summed E-state index contributed by atoms with van der Waals surface area (Å²) in [5.41, 5.74) is 2.11. The van der Waals surface area contributed by atoms with Crippen LogP contribution in [0.15, 0.2) is 65.1 Å². The largest absolute Gasteiger partial charge is 0.496 e. The Labute approximate surface area is 180 Å². The van der Waals surface area contributed by atoms with E-state index < -0.39 is 18.0 Å². The molecule has 1 aromatic heterocycles. The van der Waals surface area contributed by atoms with Gasteiger partial charge in [0.2, 0.25) is 5.76 Å². The van der Waals surface area contributed by atoms with Crippen molar-refractivity contribution in [3.63, 3.8) is 0 Å². The second-order valence-electron chi connectivity index (χ2n) is 6.87. The fourth-order valence-electron chi connectivity index (χ4n) is 2.92. The van der Waals surface area contributed by atoms with Gasteiger partial charge in [0.1, 0.15) is 11.5 Å². The summed E-state index contributed by atoms with van der Waals surface area (Å²) >= 11 is 0. The van der Waals surface area contributed by atoms with Gasteiger partial charge in [-0.2, -0.15) is 0 Å². The van der Waals surface area contributed by atoms with Crippen molar-refractivity contribution in [3.8, 4) is 17.1 Å². The summed E-state index contributed by atoms with van der Waals surface area (Å²) in [4.78, 5) is 36.1. The molecular formula is C24H23NO6. The molecule has 0 bridgehead atoms. The highest BCUT2D eigenvalue weighted by Gasteiger charge is 2.21. The Morgan fingerprint density at radius 2 is 1.71 bits per heavy atom. The van der Waals surface area contributed by atoms with Gasteiger partial charge in [-0.3, -0.25) is 9.59 Å². The lowest BCUT2D eigenvalue weighted by atomic mass is 10.1. The molecule has 1 heterocycles. The molecule has 0 radical (unpaired) electrons. The van der Waals surface area contributed by atoms with Crippen LogP contribution in [0.25, 0.3) is 11.3 Å². The molecule has 0 aliphatic rings. The second kappa shape index (κ2) is 9.75. The molecule has 1 amide bonds. The summed E-state index contributed by atoms with van der Waals surface area (Å²) in [6.45, 7) is 3.22. The van der Waals surface area contributed by atoms with Crippen molar-refractivity contribution >= 4 is 17.7 Å². The van der Waals surface area contributed by atoms with Crippen LogP contribution in [-0.2, 0) is 16.1 Å². The molecule has 3 aromatic rings. The lowest BCUT2D eigenvalue weighted by Crippen LogP contribution is -2.35. The van der Waals surface area contributed by atoms with Gasteiger partial charge in [-0.1, -0.05) is 42.5 Å². The number of ether oxygens (including phenoxy) is 2. The maximum Gasteiger partial charge on any atom is 0.375 e. The monoisotopic (exact) mass is 421 g/mol. The Bertz CT molecular complexity index is 1080. The summed E-state index contributed by atoms with van der Waals surface area (Å²) < 4.78 is 16.0. The molecular weight excluding hydrogens is 398 g/mol. The number of esters is 1. The summed E-state index contributed by atoms with van der Waals surface area (Å²) in [5, 5.41) is 2.72. The van der Waals surface area contributed by atoms with E-state index in [1.54, 1.807) is 43.5 Å². The third kappa shape index (κ3) is 5.39. The van der Waals surface area contributed by atoms with Crippen molar-refractivity contribution in [3.05, 3.63) is 77.6 Å². The van der Waals surface area contributed by atoms with Gasteiger partial charge in [-0.05, 0) is 32.0 Å². The molecule has 2 aromatic carbocycles. The number of benzene rings is 2. The van der Waals surface area contributed by atoms with Gasteiger partial charge in [0.15, 0.2) is 11.9 Å². The molecule has 0 saturated heterocycles. The standard InChI is InChI=1S/C24H23NO6/c1-15(26)17-8-10-18(11-9-17)21-12-13-22(31-21)24(28)30-16(2)23(27)25-14-19-6-4-5-7-20(19)29-3/h4-13,16H,14H2,1-3H3,(H,25,27)/t16-/m0/s1. The Kier molecular flexibility index (Phi) is 6.87. The topological polar surface area (TPSA) is 94.8 Å². The van der Waals surface area contributed by atoms with E-state index in [2.05, 4.69) is 5.32 Å². The number of furan rings is 1. The number of nitrogens with one attached hydrogen (secondary N) is 1. The van der Waals surface area contributed by atoms with Crippen LogP contribution in [0.5, 0.6) is 5.75 Å². The normalized spacial score (nSPS) is 11.5. The number of rotatable bonds is 8. The van der Waals surface area contributed by atoms with E-state index >= 15 is 0 Å². The molecule has 0 fully saturated rings. The number of ketones is 1. The van der Waals surface area contributed by atoms with Crippen LogP contribution in [0.4, 0.5) is 0 Å². The molecule has 0 saturated carbocycles. The third-order valence-electron chi connectivity index (χ3n) is 4.68. The van der Waals surface area contributed by atoms with Gasteiger partial charge in [0.05, 0.1) is 7.11 Å². The summed E-state index contributed by atoms with van der Waals surface area (Å²) in [6, 6.07) is 17.3. The Morgan fingerprint density at radius 1 is 1.00 bits per heavy atom. The average Bonchev–Trinajstić information content (AvgIpc) is 3.28. The first-order valence-corrected chi connectivity index (χ1v) is 9.71. The van der Waals surface area contributed by atoms with E-state index in [9.17, 15) is 14.4 Å². The summed E-state index contributed by atoms with van der Waals surface area (Å²) in [7, 11) is 1.56. The zero-order chi connectivity index (χ0) is 22.4. The molecule has 7 heteroatoms. The Morgan fingerprint density at radius 3 is 2.39 bits per heavy atom. The fraction of sp³-hybridized carbons (Fsp3) is 0.208. The predicted octanol–water partition coefficient (Wildman–Crippen LogP) is 4.02. The van der Waals surface area contributed by atoms with E-state index in [1.807, 2.05) is 18.2 Å². The van der Waals surface area contributed by atoms with E-state index in [4.69, 9.17) is 13.9 Å². The fourth-order valence-corrected chi connectivity index (χ4v) is 2.92. The van der Waals surface area contributed by atoms with Crippen molar-refractivity contribution in [1.82, 2.24) is 5.32 Å². The molecule has 0 aliphatic heterocycles. The third-order valence-corrected chi connectivity index (χ3v) is 4.68. The zero-order valence-corrected chi connectivity index (χ0v) is 17.5. The molecule has 31 heavy (non-hydrogen) atoms. The number of carbonyl (C=O) groups is 3. The van der Waals surface area contributed by atoms with Crippen LogP contribution in [0.2, 0.25) is 0 Å². The molecule has 160 valence electrons. The smallest absolute Gasteiger partial charge is 0.375 e. The van der Waals surface area contributed by atoms with Gasteiger partial charge in [-0.25, -0.2) is 4.79 Å². The minimum absolute atomic E-state index is 0.0185. The van der Waals surface area contributed by atoms with Gasteiger partial charge in [-0.15, -0.1) is 0 Å². The van der Waals surface area contributed by atoms with E-state index in [0.717, 1.165) is 5.56 Å². The van der Waals surface area contributed by atoms with Crippen LogP contribution < -0.4 is 10.1 Å². The van der Waals surface area contributed by atoms with Crippen LogP contribution in [0.1, 0.15) is 40.3 Å². The van der Waals surface area contributed by atoms with E-state index in [1.165, 1.54) is 19.9 Å². The molecule has 0 unspecified atom stereocenters. The molecule has 0 aliphatic carbocycles. The van der Waals surface area contributed by atoms with Gasteiger partial charge in [0.25, 0.3) is 5.91 Å². The highest BCUT2D eigenvalue weighted by Crippen LogP contribution is 2.23. The number of amides is 1. The first kappa shape index (κ1) is 21.8. The number of methoxy groups -OCH3 is 1. The molecule has 1 N–H and O–H groups in total. The summed E-state index contributed by atoms with van der Waals surface area (Å²) in [5.74, 6) is -0.122. The number of carbonyl (C=O) groups excluding carboxylic acids is 3. The highest BCUT2D eigenvalue weighted by molar-refractivity contribution is 5.94. The van der Waals surface area contributed by atoms with Crippen LogP contribution >= 0.6 is 0 Å². The van der Waals surface area contributed by atoms with Crippen molar-refractivity contribution in [2.24, 2.45) is 0 Å². The first-order chi connectivity index (χ1) is 14.9. The molecule has 3 rings (SSSR count). The Balaban J connectivity index is 1.58. The Hall–Kier alpha value is -3.87. The van der Waals surface area contributed by atoms with Crippen molar-refractivity contribution < 1.29 is 28.3 Å². The lowest BCUT2D eigenvalue weighted by molar-refractivity contribution is -0.129. The lowest BCUT2D eigenvalue weighted by Gasteiger charge is -2.14.